The zero-order valence-electron chi connectivity index (χ0n) is 9.90. The number of hydrogen-bond acceptors (Lipinski definition) is 2. The van der Waals surface area contributed by atoms with Crippen LogP contribution in [0.3, 0.4) is 0 Å². The largest absolute Gasteiger partial charge is 1.00 e. The first-order valence-electron chi connectivity index (χ1n) is 4.22. The average Bonchev–Trinajstić information content (AvgIpc) is 2.15. The molecule has 5 heteroatoms. The molecule has 0 radical (unpaired) electrons. The summed E-state index contributed by atoms with van der Waals surface area (Å²) in [5.74, 6) is 0. The summed E-state index contributed by atoms with van der Waals surface area (Å²) in [7, 11) is -4.09. The molecule has 0 aliphatic rings. The maximum Gasteiger partial charge on any atom is 1.00 e. The predicted molar refractivity (Wildman–Crippen MR) is 56.8 cm³/mol. The molecular weight excluding hydrogens is 239 g/mol. The Morgan fingerprint density at radius 1 is 1.53 bits per heavy atom. The van der Waals surface area contributed by atoms with Crippen LogP contribution < -0.4 is 51.4 Å². The molecule has 0 spiro atoms. The minimum Gasteiger partial charge on any atom is -1.00 e. The number of aryl methyl sites for hydroxylation is 1. The maximum absolute atomic E-state index is 10.8. The third-order valence-corrected chi connectivity index (χ3v) is 2.86. The molecule has 78 valence electrons. The van der Waals surface area contributed by atoms with Crippen molar-refractivity contribution < 1.29 is 65.8 Å². The van der Waals surface area contributed by atoms with Gasteiger partial charge in [0.05, 0.1) is 4.90 Å². The smallest absolute Gasteiger partial charge is 1.00 e. The molecule has 1 rings (SSSR count). The van der Waals surface area contributed by atoms with E-state index >= 15 is 0 Å². The summed E-state index contributed by atoms with van der Waals surface area (Å²) in [5.41, 5.74) is 1.75. The molecule has 0 saturated heterocycles. The fourth-order valence-corrected chi connectivity index (χ4v) is 1.78. The van der Waals surface area contributed by atoms with Gasteiger partial charge < -0.3 is 1.43 Å². The second-order valence-corrected chi connectivity index (χ2v) is 4.31. The summed E-state index contributed by atoms with van der Waals surface area (Å²) >= 11 is 0. The van der Waals surface area contributed by atoms with E-state index in [1.54, 1.807) is 12.1 Å². The monoisotopic (exact) mass is 252 g/mol. The third kappa shape index (κ3) is 4.11. The Kier molecular flexibility index (Phi) is 6.51. The Balaban J connectivity index is 0. The molecular formula is C10H13KO3S. The van der Waals surface area contributed by atoms with E-state index in [9.17, 15) is 8.42 Å². The van der Waals surface area contributed by atoms with Gasteiger partial charge in [0.25, 0.3) is 10.1 Å². The summed E-state index contributed by atoms with van der Waals surface area (Å²) in [6.07, 6.45) is 2.36. The van der Waals surface area contributed by atoms with Crippen LogP contribution in [-0.4, -0.2) is 13.0 Å². The van der Waals surface area contributed by atoms with Gasteiger partial charge in [-0.2, -0.15) is 8.42 Å². The second-order valence-electron chi connectivity index (χ2n) is 2.89. The molecule has 0 unspecified atom stereocenters. The zero-order valence-corrected chi connectivity index (χ0v) is 12.8. The van der Waals surface area contributed by atoms with Crippen molar-refractivity contribution in [3.05, 3.63) is 35.9 Å². The van der Waals surface area contributed by atoms with Gasteiger partial charge >= 0.3 is 51.4 Å². The molecule has 1 N–H and O–H groups in total. The second kappa shape index (κ2) is 6.29. The molecule has 0 fully saturated rings. The van der Waals surface area contributed by atoms with Crippen molar-refractivity contribution in [2.24, 2.45) is 0 Å². The van der Waals surface area contributed by atoms with Crippen LogP contribution in [0, 0.1) is 0 Å². The minimum absolute atomic E-state index is 0. The topological polar surface area (TPSA) is 54.4 Å². The van der Waals surface area contributed by atoms with Crippen LogP contribution in [0.15, 0.2) is 29.7 Å². The van der Waals surface area contributed by atoms with E-state index in [0.717, 1.165) is 11.1 Å². The van der Waals surface area contributed by atoms with Gasteiger partial charge in [-0.1, -0.05) is 25.6 Å². The van der Waals surface area contributed by atoms with Gasteiger partial charge in [0.1, 0.15) is 0 Å². The van der Waals surface area contributed by atoms with Crippen molar-refractivity contribution in [1.29, 1.82) is 0 Å². The summed E-state index contributed by atoms with van der Waals surface area (Å²) < 4.78 is 30.5. The van der Waals surface area contributed by atoms with Crippen LogP contribution in [0.25, 0.3) is 6.08 Å². The van der Waals surface area contributed by atoms with Gasteiger partial charge in [0.2, 0.25) is 0 Å². The Hall–Kier alpha value is 0.506. The average molecular weight is 252 g/mol. The van der Waals surface area contributed by atoms with Crippen molar-refractivity contribution in [3.8, 4) is 0 Å². The van der Waals surface area contributed by atoms with Crippen molar-refractivity contribution in [1.82, 2.24) is 0 Å². The van der Waals surface area contributed by atoms with E-state index in [1.165, 1.54) is 12.1 Å². The van der Waals surface area contributed by atoms with Gasteiger partial charge in [-0.25, -0.2) is 0 Å². The summed E-state index contributed by atoms with van der Waals surface area (Å²) in [6.45, 7) is 5.53. The summed E-state index contributed by atoms with van der Waals surface area (Å²) in [5, 5.41) is 0. The number of benzene rings is 1. The molecule has 15 heavy (non-hydrogen) atoms. The fraction of sp³-hybridized carbons (Fsp3) is 0.200. The van der Waals surface area contributed by atoms with Crippen LogP contribution in [0.5, 0.6) is 0 Å². The first-order valence-corrected chi connectivity index (χ1v) is 5.66. The van der Waals surface area contributed by atoms with E-state index in [0.29, 0.717) is 6.42 Å². The molecule has 0 aliphatic carbocycles. The van der Waals surface area contributed by atoms with Gasteiger partial charge in [-0.05, 0) is 29.7 Å². The van der Waals surface area contributed by atoms with Crippen molar-refractivity contribution >= 4 is 16.2 Å². The SMILES string of the molecule is C=Cc1ccc(S(=O)(=O)O)cc1CC.[H-].[K+]. The Morgan fingerprint density at radius 2 is 2.13 bits per heavy atom. The van der Waals surface area contributed by atoms with Crippen molar-refractivity contribution in [2.75, 3.05) is 0 Å². The molecule has 1 aromatic rings. The quantitative estimate of drug-likeness (QED) is 0.569. The molecule has 0 aliphatic heterocycles. The first-order chi connectivity index (χ1) is 6.49. The molecule has 3 nitrogen and oxygen atoms in total. The summed E-state index contributed by atoms with van der Waals surface area (Å²) in [4.78, 5) is -0.0695. The van der Waals surface area contributed by atoms with Crippen LogP contribution >= 0.6 is 0 Å². The van der Waals surface area contributed by atoms with E-state index in [4.69, 9.17) is 4.55 Å². The van der Waals surface area contributed by atoms with E-state index < -0.39 is 10.1 Å². The van der Waals surface area contributed by atoms with E-state index in [-0.39, 0.29) is 57.7 Å². The Morgan fingerprint density at radius 3 is 2.53 bits per heavy atom. The number of rotatable bonds is 3. The molecule has 1 aromatic carbocycles. The Labute approximate surface area is 134 Å². The van der Waals surface area contributed by atoms with Crippen molar-refractivity contribution in [2.45, 2.75) is 18.2 Å². The molecule has 0 amide bonds. The van der Waals surface area contributed by atoms with Gasteiger partial charge in [-0.3, -0.25) is 4.55 Å². The third-order valence-electron chi connectivity index (χ3n) is 2.01. The normalized spacial score (nSPS) is 10.5. The molecule has 0 atom stereocenters. The summed E-state index contributed by atoms with van der Waals surface area (Å²) in [6, 6.07) is 4.47. The molecule has 0 saturated carbocycles. The molecule has 0 aromatic heterocycles. The van der Waals surface area contributed by atoms with Gasteiger partial charge in [-0.15, -0.1) is 0 Å². The standard InChI is InChI=1S/C10H12O3S.K.H/c1-3-8-5-6-10(14(11,12)13)7-9(8)4-2;;/h3,5-7H,1,4H2,2H3,(H,11,12,13);;/q;+1;-1. The van der Waals surface area contributed by atoms with Crippen LogP contribution in [-0.2, 0) is 16.5 Å². The minimum atomic E-state index is -4.09. The Bertz CT molecular complexity index is 457. The molecule has 0 heterocycles. The first kappa shape index (κ1) is 15.5. The molecule has 0 bridgehead atoms. The van der Waals surface area contributed by atoms with Crippen LogP contribution in [0.1, 0.15) is 19.5 Å². The van der Waals surface area contributed by atoms with E-state index in [1.807, 2.05) is 6.92 Å². The fourth-order valence-electron chi connectivity index (χ4n) is 1.25. The predicted octanol–water partition coefficient (Wildman–Crippen LogP) is -0.745. The van der Waals surface area contributed by atoms with Gasteiger partial charge in [0.15, 0.2) is 0 Å². The van der Waals surface area contributed by atoms with Crippen LogP contribution in [0.2, 0.25) is 0 Å². The zero-order chi connectivity index (χ0) is 10.8. The maximum atomic E-state index is 10.8. The van der Waals surface area contributed by atoms with Crippen molar-refractivity contribution in [3.63, 3.8) is 0 Å². The van der Waals surface area contributed by atoms with Gasteiger partial charge in [0, 0.05) is 0 Å². The van der Waals surface area contributed by atoms with Crippen LogP contribution in [0.4, 0.5) is 0 Å². The number of hydrogen-bond donors (Lipinski definition) is 1. The van der Waals surface area contributed by atoms with E-state index in [2.05, 4.69) is 6.58 Å².